The molecular formula is C15H25B. The van der Waals surface area contributed by atoms with E-state index >= 15 is 0 Å². The van der Waals surface area contributed by atoms with Gasteiger partial charge in [0.1, 0.15) is 7.85 Å². The lowest BCUT2D eigenvalue weighted by Crippen LogP contribution is -2.03. The first-order valence-electron chi connectivity index (χ1n) is 6.07. The Hall–Kier alpha value is -0.975. The van der Waals surface area contributed by atoms with E-state index in [-0.39, 0.29) is 0 Å². The van der Waals surface area contributed by atoms with E-state index in [2.05, 4.69) is 60.9 Å². The summed E-state index contributed by atoms with van der Waals surface area (Å²) in [6, 6.07) is 0. The van der Waals surface area contributed by atoms with Crippen LogP contribution in [-0.4, -0.2) is 7.85 Å². The van der Waals surface area contributed by atoms with Crippen molar-refractivity contribution in [2.45, 2.75) is 34.1 Å². The van der Waals surface area contributed by atoms with Crippen LogP contribution in [0, 0.1) is 11.8 Å². The van der Waals surface area contributed by atoms with Gasteiger partial charge >= 0.3 is 0 Å². The van der Waals surface area contributed by atoms with E-state index in [1.807, 2.05) is 6.08 Å². The van der Waals surface area contributed by atoms with Gasteiger partial charge in [0.25, 0.3) is 0 Å². The van der Waals surface area contributed by atoms with Crippen molar-refractivity contribution >= 4 is 7.85 Å². The van der Waals surface area contributed by atoms with Crippen LogP contribution in [0.15, 0.2) is 48.0 Å². The van der Waals surface area contributed by atoms with E-state index in [1.165, 1.54) is 16.6 Å². The van der Waals surface area contributed by atoms with Crippen LogP contribution in [-0.2, 0) is 0 Å². The lowest BCUT2D eigenvalue weighted by atomic mass is 9.85. The fourth-order valence-corrected chi connectivity index (χ4v) is 1.58. The first-order chi connectivity index (χ1) is 7.42. The fourth-order valence-electron chi connectivity index (χ4n) is 1.58. The fraction of sp³-hybridized carbons (Fsp3) is 0.467. The van der Waals surface area contributed by atoms with E-state index in [0.29, 0.717) is 11.8 Å². The molecule has 16 heavy (non-hydrogen) atoms. The maximum absolute atomic E-state index is 4.14. The molecule has 0 aliphatic heterocycles. The molecule has 0 rings (SSSR count). The van der Waals surface area contributed by atoms with Crippen molar-refractivity contribution in [2.24, 2.45) is 11.8 Å². The molecule has 0 aromatic carbocycles. The summed E-state index contributed by atoms with van der Waals surface area (Å²) >= 11 is 0. The van der Waals surface area contributed by atoms with Crippen LogP contribution in [0.4, 0.5) is 0 Å². The Morgan fingerprint density at radius 1 is 1.31 bits per heavy atom. The summed E-state index contributed by atoms with van der Waals surface area (Å²) in [6.07, 6.45) is 7.36. The normalized spacial score (nSPS) is 15.1. The van der Waals surface area contributed by atoms with Crippen molar-refractivity contribution < 1.29 is 0 Å². The Kier molecular flexibility index (Phi) is 6.88. The third kappa shape index (κ3) is 5.20. The number of hydrogen-bond donors (Lipinski definition) is 0. The Labute approximate surface area is 102 Å². The Balaban J connectivity index is 4.63. The standard InChI is InChI=1S/C15H25B/c1-7-14(10-15(16)8-2)13(6)9-12(5)11(3)4/h7-8,10-11,13H,2,5,9,16H2,1,3-4,6H3/b14-7+,15-10+. The third-order valence-corrected chi connectivity index (χ3v) is 3.00. The summed E-state index contributed by atoms with van der Waals surface area (Å²) in [5, 5.41) is 0. The van der Waals surface area contributed by atoms with Crippen molar-refractivity contribution in [3.8, 4) is 0 Å². The van der Waals surface area contributed by atoms with Gasteiger partial charge in [0.15, 0.2) is 0 Å². The molecule has 0 N–H and O–H groups in total. The molecule has 0 saturated carbocycles. The molecule has 0 bridgehead atoms. The van der Waals surface area contributed by atoms with Gasteiger partial charge in [-0.05, 0) is 30.8 Å². The van der Waals surface area contributed by atoms with Gasteiger partial charge in [0, 0.05) is 0 Å². The lowest BCUT2D eigenvalue weighted by Gasteiger charge is -2.17. The van der Waals surface area contributed by atoms with E-state index < -0.39 is 0 Å². The topological polar surface area (TPSA) is 0 Å². The molecule has 0 aliphatic carbocycles. The van der Waals surface area contributed by atoms with Gasteiger partial charge in [-0.1, -0.05) is 63.2 Å². The van der Waals surface area contributed by atoms with E-state index in [1.54, 1.807) is 0 Å². The highest BCUT2D eigenvalue weighted by Gasteiger charge is 2.09. The monoisotopic (exact) mass is 216 g/mol. The highest BCUT2D eigenvalue weighted by atomic mass is 14.1. The molecule has 0 amide bonds. The molecule has 0 spiro atoms. The second kappa shape index (κ2) is 7.32. The zero-order chi connectivity index (χ0) is 12.7. The van der Waals surface area contributed by atoms with Crippen molar-refractivity contribution in [1.29, 1.82) is 0 Å². The van der Waals surface area contributed by atoms with E-state index in [9.17, 15) is 0 Å². The highest BCUT2D eigenvalue weighted by Crippen LogP contribution is 2.24. The summed E-state index contributed by atoms with van der Waals surface area (Å²) in [5.41, 5.74) is 3.92. The number of rotatable bonds is 6. The van der Waals surface area contributed by atoms with Crippen LogP contribution in [0.2, 0.25) is 0 Å². The molecule has 0 radical (unpaired) electrons. The summed E-state index contributed by atoms with van der Waals surface area (Å²) in [7, 11) is 2.08. The Morgan fingerprint density at radius 2 is 1.88 bits per heavy atom. The Bertz CT molecular complexity index is 305. The van der Waals surface area contributed by atoms with Crippen LogP contribution in [0.1, 0.15) is 34.1 Å². The minimum atomic E-state index is 0.537. The average Bonchev–Trinajstić information content (AvgIpc) is 2.24. The number of hydrogen-bond acceptors (Lipinski definition) is 0. The zero-order valence-corrected chi connectivity index (χ0v) is 11.5. The molecule has 0 aromatic rings. The summed E-state index contributed by atoms with van der Waals surface area (Å²) < 4.78 is 0. The minimum Gasteiger partial charge on any atom is -0.0996 e. The van der Waals surface area contributed by atoms with Gasteiger partial charge in [0.2, 0.25) is 0 Å². The van der Waals surface area contributed by atoms with Gasteiger partial charge < -0.3 is 0 Å². The molecule has 0 fully saturated rings. The van der Waals surface area contributed by atoms with Gasteiger partial charge in [-0.2, -0.15) is 0 Å². The molecule has 1 unspecified atom stereocenters. The van der Waals surface area contributed by atoms with E-state index in [4.69, 9.17) is 0 Å². The molecule has 1 heteroatoms. The molecule has 0 aromatic heterocycles. The van der Waals surface area contributed by atoms with Gasteiger partial charge in [0.05, 0.1) is 0 Å². The van der Waals surface area contributed by atoms with Crippen molar-refractivity contribution in [1.82, 2.24) is 0 Å². The molecule has 88 valence electrons. The summed E-state index contributed by atoms with van der Waals surface area (Å²) in [6.45, 7) is 16.7. The maximum atomic E-state index is 4.14. The Morgan fingerprint density at radius 3 is 2.25 bits per heavy atom. The maximum Gasteiger partial charge on any atom is 0.139 e. The molecular weight excluding hydrogens is 191 g/mol. The largest absolute Gasteiger partial charge is 0.139 e. The summed E-state index contributed by atoms with van der Waals surface area (Å²) in [4.78, 5) is 0. The van der Waals surface area contributed by atoms with Gasteiger partial charge in [-0.25, -0.2) is 0 Å². The van der Waals surface area contributed by atoms with Crippen molar-refractivity contribution in [3.63, 3.8) is 0 Å². The highest BCUT2D eigenvalue weighted by molar-refractivity contribution is 6.23. The zero-order valence-electron chi connectivity index (χ0n) is 11.5. The van der Waals surface area contributed by atoms with Crippen LogP contribution in [0.25, 0.3) is 0 Å². The smallest absolute Gasteiger partial charge is 0.0996 e. The summed E-state index contributed by atoms with van der Waals surface area (Å²) in [5.74, 6) is 1.11. The van der Waals surface area contributed by atoms with Crippen molar-refractivity contribution in [3.05, 3.63) is 48.0 Å². The van der Waals surface area contributed by atoms with Gasteiger partial charge in [-0.3, -0.25) is 0 Å². The van der Waals surface area contributed by atoms with Crippen molar-refractivity contribution in [2.75, 3.05) is 0 Å². The third-order valence-electron chi connectivity index (χ3n) is 3.00. The van der Waals surface area contributed by atoms with Crippen LogP contribution in [0.3, 0.4) is 0 Å². The molecule has 1 atom stereocenters. The van der Waals surface area contributed by atoms with Crippen LogP contribution < -0.4 is 0 Å². The molecule has 0 nitrogen and oxygen atoms in total. The quantitative estimate of drug-likeness (QED) is 0.359. The van der Waals surface area contributed by atoms with E-state index in [0.717, 1.165) is 6.42 Å². The molecule has 0 saturated heterocycles. The average molecular weight is 216 g/mol. The number of allylic oxidation sites excluding steroid dienone is 6. The van der Waals surface area contributed by atoms with Crippen LogP contribution >= 0.6 is 0 Å². The second-order valence-corrected chi connectivity index (χ2v) is 4.80. The molecule has 0 heterocycles. The first kappa shape index (κ1) is 15.0. The first-order valence-corrected chi connectivity index (χ1v) is 6.07. The predicted molar refractivity (Wildman–Crippen MR) is 78.3 cm³/mol. The van der Waals surface area contributed by atoms with Crippen LogP contribution in [0.5, 0.6) is 0 Å². The molecule has 0 aliphatic rings. The second-order valence-electron chi connectivity index (χ2n) is 4.80. The SMILES string of the molecule is B/C(C=C)=C/C(=C\C)C(C)CC(=C)C(C)C. The predicted octanol–water partition coefficient (Wildman–Crippen LogP) is 3.87. The minimum absolute atomic E-state index is 0.537. The lowest BCUT2D eigenvalue weighted by molar-refractivity contribution is 0.618. The van der Waals surface area contributed by atoms with Gasteiger partial charge in [-0.15, -0.1) is 0 Å².